The van der Waals surface area contributed by atoms with Gasteiger partial charge in [0.05, 0.1) is 23.6 Å². The average molecular weight is 506 g/mol. The number of nitrogens with zero attached hydrogens (tertiary/aromatic N) is 2. The third kappa shape index (κ3) is 5.33. The second-order valence-corrected chi connectivity index (χ2v) is 11.2. The van der Waals surface area contributed by atoms with E-state index in [4.69, 9.17) is 9.72 Å². The molecule has 2 aromatic carbocycles. The number of aliphatic hydroxyl groups is 1. The molecule has 0 spiro atoms. The molecule has 2 aliphatic rings. The van der Waals surface area contributed by atoms with Crippen LogP contribution in [0.1, 0.15) is 55.8 Å². The maximum atomic E-state index is 12.7. The van der Waals surface area contributed by atoms with Crippen LogP contribution in [0.5, 0.6) is 5.75 Å². The largest absolute Gasteiger partial charge is 0.491 e. The summed E-state index contributed by atoms with van der Waals surface area (Å²) in [4.78, 5) is 20.4. The van der Waals surface area contributed by atoms with E-state index in [9.17, 15) is 9.90 Å². The van der Waals surface area contributed by atoms with Crippen molar-refractivity contribution in [1.82, 2.24) is 15.2 Å². The van der Waals surface area contributed by atoms with Crippen molar-refractivity contribution >= 4 is 17.2 Å². The number of benzene rings is 2. The summed E-state index contributed by atoms with van der Waals surface area (Å²) in [6.07, 6.45) is 5.35. The highest BCUT2D eigenvalue weighted by atomic mass is 32.1. The molecule has 190 valence electrons. The van der Waals surface area contributed by atoms with E-state index in [1.54, 1.807) is 16.2 Å². The van der Waals surface area contributed by atoms with Gasteiger partial charge in [-0.15, -0.1) is 11.3 Å². The Bertz CT molecular complexity index is 1240. The highest BCUT2D eigenvalue weighted by Gasteiger charge is 2.27. The predicted octanol–water partition coefficient (Wildman–Crippen LogP) is 5.13. The third-order valence-electron chi connectivity index (χ3n) is 7.08. The second kappa shape index (κ2) is 10.7. The molecule has 1 aliphatic heterocycles. The summed E-state index contributed by atoms with van der Waals surface area (Å²) >= 11 is 1.72. The van der Waals surface area contributed by atoms with Crippen LogP contribution in [0.25, 0.3) is 21.0 Å². The SMILES string of the molecule is Cc1cc(-c2ncc(-c3cccc4c3CCC4NCC(=O)N3CCCC(O)C3)s2)ccc1OC(C)C. The number of likely N-dealkylation sites (tertiary alicyclic amines) is 1. The molecule has 1 amide bonds. The van der Waals surface area contributed by atoms with Crippen LogP contribution in [0.4, 0.5) is 0 Å². The third-order valence-corrected chi connectivity index (χ3v) is 8.15. The predicted molar refractivity (Wildman–Crippen MR) is 144 cm³/mol. The Hall–Kier alpha value is -2.74. The van der Waals surface area contributed by atoms with Crippen LogP contribution in [0.2, 0.25) is 0 Å². The lowest BCUT2D eigenvalue weighted by Crippen LogP contribution is -2.46. The quantitative estimate of drug-likeness (QED) is 0.466. The van der Waals surface area contributed by atoms with E-state index < -0.39 is 6.10 Å². The van der Waals surface area contributed by atoms with E-state index in [0.29, 0.717) is 13.1 Å². The van der Waals surface area contributed by atoms with Gasteiger partial charge in [-0.1, -0.05) is 18.2 Å². The van der Waals surface area contributed by atoms with E-state index in [0.717, 1.165) is 54.1 Å². The topological polar surface area (TPSA) is 74.7 Å². The lowest BCUT2D eigenvalue weighted by molar-refractivity contribution is -0.133. The number of hydrogen-bond donors (Lipinski definition) is 2. The fraction of sp³-hybridized carbons (Fsp3) is 0.448. The van der Waals surface area contributed by atoms with Crippen LogP contribution >= 0.6 is 11.3 Å². The molecule has 3 aromatic rings. The lowest BCUT2D eigenvalue weighted by Gasteiger charge is -2.30. The fourth-order valence-electron chi connectivity index (χ4n) is 5.30. The number of rotatable bonds is 7. The minimum atomic E-state index is -0.392. The summed E-state index contributed by atoms with van der Waals surface area (Å²) in [5.74, 6) is 0.991. The molecule has 1 fully saturated rings. The summed E-state index contributed by atoms with van der Waals surface area (Å²) in [6.45, 7) is 7.65. The molecule has 1 saturated heterocycles. The number of hydrogen-bond acceptors (Lipinski definition) is 6. The van der Waals surface area contributed by atoms with Gasteiger partial charge in [-0.3, -0.25) is 4.79 Å². The monoisotopic (exact) mass is 505 g/mol. The van der Waals surface area contributed by atoms with Crippen molar-refractivity contribution in [3.63, 3.8) is 0 Å². The first-order chi connectivity index (χ1) is 17.4. The first kappa shape index (κ1) is 24.9. The van der Waals surface area contributed by atoms with E-state index in [1.165, 1.54) is 21.6 Å². The molecule has 2 heterocycles. The van der Waals surface area contributed by atoms with Crippen molar-refractivity contribution in [2.24, 2.45) is 0 Å². The zero-order valence-electron chi connectivity index (χ0n) is 21.3. The van der Waals surface area contributed by atoms with Crippen LogP contribution in [-0.2, 0) is 11.2 Å². The van der Waals surface area contributed by atoms with Crippen LogP contribution in [0.15, 0.2) is 42.6 Å². The number of amides is 1. The molecule has 2 unspecified atom stereocenters. The number of carbonyl (C=O) groups is 1. The van der Waals surface area contributed by atoms with Crippen LogP contribution in [-0.4, -0.2) is 52.7 Å². The van der Waals surface area contributed by atoms with Crippen LogP contribution in [0, 0.1) is 6.92 Å². The highest BCUT2D eigenvalue weighted by Crippen LogP contribution is 2.41. The summed E-state index contributed by atoms with van der Waals surface area (Å²) in [6, 6.07) is 12.9. The first-order valence-corrected chi connectivity index (χ1v) is 13.8. The second-order valence-electron chi connectivity index (χ2n) is 10.2. The molecule has 0 radical (unpaired) electrons. The Morgan fingerprint density at radius 1 is 1.28 bits per heavy atom. The highest BCUT2D eigenvalue weighted by molar-refractivity contribution is 7.18. The van der Waals surface area contributed by atoms with Gasteiger partial charge in [0.1, 0.15) is 10.8 Å². The molecule has 2 atom stereocenters. The molecule has 7 heteroatoms. The van der Waals surface area contributed by atoms with Crippen molar-refractivity contribution in [3.8, 4) is 26.8 Å². The zero-order valence-corrected chi connectivity index (χ0v) is 22.1. The molecular formula is C29H35N3O3S. The van der Waals surface area contributed by atoms with Crippen LogP contribution in [0.3, 0.4) is 0 Å². The van der Waals surface area contributed by atoms with Gasteiger partial charge in [-0.25, -0.2) is 4.98 Å². The molecule has 5 rings (SSSR count). The Balaban J connectivity index is 1.29. The normalized spacial score (nSPS) is 19.5. The molecule has 2 N–H and O–H groups in total. The Morgan fingerprint density at radius 2 is 2.14 bits per heavy atom. The van der Waals surface area contributed by atoms with Crippen LogP contribution < -0.4 is 10.1 Å². The van der Waals surface area contributed by atoms with E-state index in [-0.39, 0.29) is 18.1 Å². The first-order valence-electron chi connectivity index (χ1n) is 12.9. The number of ether oxygens (including phenoxy) is 1. The minimum absolute atomic E-state index is 0.0746. The van der Waals surface area contributed by atoms with E-state index in [1.807, 2.05) is 26.1 Å². The van der Waals surface area contributed by atoms with Gasteiger partial charge in [0.15, 0.2) is 0 Å². The minimum Gasteiger partial charge on any atom is -0.491 e. The van der Waals surface area contributed by atoms with Gasteiger partial charge >= 0.3 is 0 Å². The van der Waals surface area contributed by atoms with E-state index in [2.05, 4.69) is 42.6 Å². The molecule has 36 heavy (non-hydrogen) atoms. The van der Waals surface area contributed by atoms with Gasteiger partial charge in [0, 0.05) is 30.9 Å². The molecular weight excluding hydrogens is 470 g/mol. The Morgan fingerprint density at radius 3 is 2.92 bits per heavy atom. The van der Waals surface area contributed by atoms with Gasteiger partial charge in [0.2, 0.25) is 5.91 Å². The summed E-state index contributed by atoms with van der Waals surface area (Å²) < 4.78 is 5.89. The maximum Gasteiger partial charge on any atom is 0.236 e. The molecule has 6 nitrogen and oxygen atoms in total. The number of aliphatic hydroxyl groups excluding tert-OH is 1. The summed E-state index contributed by atoms with van der Waals surface area (Å²) in [5.41, 5.74) is 6.08. The smallest absolute Gasteiger partial charge is 0.236 e. The number of aryl methyl sites for hydroxylation is 1. The van der Waals surface area contributed by atoms with Crippen molar-refractivity contribution in [2.45, 2.75) is 64.7 Å². The molecule has 0 saturated carbocycles. The number of β-amino-alcohol motifs (C(OH)–C–C–N with tert-alkyl or cyclic N) is 1. The fourth-order valence-corrected chi connectivity index (χ4v) is 6.27. The van der Waals surface area contributed by atoms with Crippen molar-refractivity contribution in [2.75, 3.05) is 19.6 Å². The summed E-state index contributed by atoms with van der Waals surface area (Å²) in [5, 5.41) is 14.4. The number of piperidine rings is 1. The lowest BCUT2D eigenvalue weighted by atomic mass is 10.0. The molecule has 1 aromatic heterocycles. The maximum absolute atomic E-state index is 12.7. The van der Waals surface area contributed by atoms with E-state index >= 15 is 0 Å². The van der Waals surface area contributed by atoms with Crippen molar-refractivity contribution < 1.29 is 14.6 Å². The number of thiazole rings is 1. The average Bonchev–Trinajstić information content (AvgIpc) is 3.51. The number of nitrogens with one attached hydrogen (secondary N) is 1. The van der Waals surface area contributed by atoms with Crippen molar-refractivity contribution in [1.29, 1.82) is 0 Å². The Labute approximate surface area is 217 Å². The summed E-state index contributed by atoms with van der Waals surface area (Å²) in [7, 11) is 0. The van der Waals surface area contributed by atoms with Crippen molar-refractivity contribution in [3.05, 3.63) is 59.3 Å². The zero-order chi connectivity index (χ0) is 25.2. The number of carbonyl (C=O) groups excluding carboxylic acids is 1. The molecule has 0 bridgehead atoms. The van der Waals surface area contributed by atoms with Gasteiger partial charge in [-0.2, -0.15) is 0 Å². The number of fused-ring (bicyclic) bond motifs is 1. The Kier molecular flexibility index (Phi) is 7.42. The standard InChI is InChI=1S/C29H35N3O3S/c1-18(2)35-26-12-9-20(14-19(26)3)29-31-15-27(36-29)24-8-4-7-23-22(24)10-11-25(23)30-16-28(34)32-13-5-6-21(33)17-32/h4,7-9,12,14-15,18,21,25,30,33H,5-6,10-11,13,16-17H2,1-3H3. The number of aromatic nitrogens is 1. The van der Waals surface area contributed by atoms with Gasteiger partial charge < -0.3 is 20.1 Å². The molecule has 1 aliphatic carbocycles. The van der Waals surface area contributed by atoms with Gasteiger partial charge in [0.25, 0.3) is 0 Å². The van der Waals surface area contributed by atoms with Gasteiger partial charge in [-0.05, 0) is 86.9 Å².